The zero-order chi connectivity index (χ0) is 12.7. The quantitative estimate of drug-likeness (QED) is 0.595. The molecule has 2 nitrogen and oxygen atoms in total. The molecular formula is C14H20ClNO. The fourth-order valence-electron chi connectivity index (χ4n) is 1.47. The van der Waals surface area contributed by atoms with E-state index in [1.807, 2.05) is 19.1 Å². The predicted octanol–water partition coefficient (Wildman–Crippen LogP) is 3.33. The third-order valence-electron chi connectivity index (χ3n) is 2.39. The fourth-order valence-corrected chi connectivity index (χ4v) is 1.70. The van der Waals surface area contributed by atoms with Gasteiger partial charge in [-0.15, -0.1) is 0 Å². The third-order valence-corrected chi connectivity index (χ3v) is 2.63. The van der Waals surface area contributed by atoms with E-state index in [0.717, 1.165) is 23.7 Å². The molecule has 0 aliphatic heterocycles. The van der Waals surface area contributed by atoms with Crippen LogP contribution in [-0.4, -0.2) is 19.8 Å². The Morgan fingerprint density at radius 2 is 2.24 bits per heavy atom. The van der Waals surface area contributed by atoms with Gasteiger partial charge in [0.2, 0.25) is 0 Å². The second-order valence-electron chi connectivity index (χ2n) is 4.26. The number of benzene rings is 1. The minimum Gasteiger partial charge on any atom is -0.376 e. The first-order valence-corrected chi connectivity index (χ1v) is 6.15. The van der Waals surface area contributed by atoms with Crippen LogP contribution in [0.3, 0.4) is 0 Å². The number of rotatable bonds is 7. The minimum absolute atomic E-state index is 0.641. The molecule has 3 heteroatoms. The van der Waals surface area contributed by atoms with E-state index in [4.69, 9.17) is 16.3 Å². The van der Waals surface area contributed by atoms with Crippen LogP contribution >= 0.6 is 11.6 Å². The lowest BCUT2D eigenvalue weighted by Crippen LogP contribution is -2.20. The van der Waals surface area contributed by atoms with Crippen LogP contribution < -0.4 is 5.32 Å². The van der Waals surface area contributed by atoms with Crippen molar-refractivity contribution in [2.45, 2.75) is 20.4 Å². The topological polar surface area (TPSA) is 21.3 Å². The minimum atomic E-state index is 0.641. The highest BCUT2D eigenvalue weighted by atomic mass is 35.5. The van der Waals surface area contributed by atoms with Crippen molar-refractivity contribution >= 4 is 11.6 Å². The molecule has 0 spiro atoms. The summed E-state index contributed by atoms with van der Waals surface area (Å²) in [6.45, 7) is 10.9. The van der Waals surface area contributed by atoms with Gasteiger partial charge in [-0.25, -0.2) is 0 Å². The Labute approximate surface area is 109 Å². The number of ether oxygens (including phenoxy) is 1. The van der Waals surface area contributed by atoms with Crippen LogP contribution in [0.5, 0.6) is 0 Å². The number of halogens is 1. The summed E-state index contributed by atoms with van der Waals surface area (Å²) in [5.41, 5.74) is 3.54. The van der Waals surface area contributed by atoms with Gasteiger partial charge in [-0.2, -0.15) is 0 Å². The van der Waals surface area contributed by atoms with E-state index in [-0.39, 0.29) is 0 Å². The molecular weight excluding hydrogens is 234 g/mol. The Hall–Kier alpha value is -0.830. The first kappa shape index (κ1) is 14.2. The summed E-state index contributed by atoms with van der Waals surface area (Å²) in [6, 6.07) is 5.96. The standard InChI is InChI=1S/C14H20ClNO/c1-11(2)10-17-7-6-16-9-13-4-5-14(15)8-12(13)3/h4-5,8,16H,1,6-7,9-10H2,2-3H3. The molecule has 1 aromatic carbocycles. The number of aryl methyl sites for hydroxylation is 1. The lowest BCUT2D eigenvalue weighted by Gasteiger charge is -2.08. The lowest BCUT2D eigenvalue weighted by molar-refractivity contribution is 0.157. The zero-order valence-electron chi connectivity index (χ0n) is 10.6. The largest absolute Gasteiger partial charge is 0.376 e. The molecule has 0 saturated carbocycles. The average Bonchev–Trinajstić information content (AvgIpc) is 2.25. The molecule has 0 unspecified atom stereocenters. The number of nitrogens with one attached hydrogen (secondary N) is 1. The maximum absolute atomic E-state index is 5.90. The zero-order valence-corrected chi connectivity index (χ0v) is 11.3. The van der Waals surface area contributed by atoms with Crippen molar-refractivity contribution in [3.8, 4) is 0 Å². The molecule has 1 N–H and O–H groups in total. The second kappa shape index (κ2) is 7.49. The number of hydrogen-bond donors (Lipinski definition) is 1. The Morgan fingerprint density at radius 1 is 1.47 bits per heavy atom. The smallest absolute Gasteiger partial charge is 0.0672 e. The van der Waals surface area contributed by atoms with Crippen LogP contribution in [0.1, 0.15) is 18.1 Å². The van der Waals surface area contributed by atoms with Crippen LogP contribution in [-0.2, 0) is 11.3 Å². The van der Waals surface area contributed by atoms with Crippen molar-refractivity contribution in [2.24, 2.45) is 0 Å². The van der Waals surface area contributed by atoms with Gasteiger partial charge in [0.15, 0.2) is 0 Å². The van der Waals surface area contributed by atoms with E-state index in [1.54, 1.807) is 0 Å². The molecule has 0 bridgehead atoms. The van der Waals surface area contributed by atoms with Crippen LogP contribution in [0.4, 0.5) is 0 Å². The van der Waals surface area contributed by atoms with Gasteiger partial charge < -0.3 is 10.1 Å². The maximum Gasteiger partial charge on any atom is 0.0672 e. The summed E-state index contributed by atoms with van der Waals surface area (Å²) in [6.07, 6.45) is 0. The molecule has 0 saturated heterocycles. The number of hydrogen-bond acceptors (Lipinski definition) is 2. The molecule has 94 valence electrons. The maximum atomic E-state index is 5.90. The predicted molar refractivity (Wildman–Crippen MR) is 73.5 cm³/mol. The Kier molecular flexibility index (Phi) is 6.27. The molecule has 0 aromatic heterocycles. The SMILES string of the molecule is C=C(C)COCCNCc1ccc(Cl)cc1C. The van der Waals surface area contributed by atoms with Gasteiger partial charge in [0.25, 0.3) is 0 Å². The Morgan fingerprint density at radius 3 is 2.88 bits per heavy atom. The summed E-state index contributed by atoms with van der Waals surface area (Å²) in [7, 11) is 0. The van der Waals surface area contributed by atoms with Crippen LogP contribution in [0.15, 0.2) is 30.4 Å². The van der Waals surface area contributed by atoms with Gasteiger partial charge >= 0.3 is 0 Å². The summed E-state index contributed by atoms with van der Waals surface area (Å²) in [5, 5.41) is 4.13. The molecule has 0 fully saturated rings. The highest BCUT2D eigenvalue weighted by Crippen LogP contribution is 2.14. The van der Waals surface area contributed by atoms with Crippen LogP contribution in [0.25, 0.3) is 0 Å². The first-order chi connectivity index (χ1) is 8.09. The molecule has 0 amide bonds. The molecule has 0 radical (unpaired) electrons. The molecule has 0 aliphatic rings. The normalized spacial score (nSPS) is 10.5. The van der Waals surface area contributed by atoms with Crippen LogP contribution in [0, 0.1) is 6.92 Å². The van der Waals surface area contributed by atoms with Crippen molar-refractivity contribution in [2.75, 3.05) is 19.8 Å². The molecule has 17 heavy (non-hydrogen) atoms. The Balaban J connectivity index is 2.20. The van der Waals surface area contributed by atoms with E-state index in [9.17, 15) is 0 Å². The van der Waals surface area contributed by atoms with E-state index in [0.29, 0.717) is 13.2 Å². The monoisotopic (exact) mass is 253 g/mol. The van der Waals surface area contributed by atoms with E-state index in [2.05, 4.69) is 24.9 Å². The van der Waals surface area contributed by atoms with Gasteiger partial charge in [0, 0.05) is 18.1 Å². The first-order valence-electron chi connectivity index (χ1n) is 5.77. The molecule has 0 atom stereocenters. The summed E-state index contributed by atoms with van der Waals surface area (Å²) in [4.78, 5) is 0. The van der Waals surface area contributed by atoms with Crippen molar-refractivity contribution in [3.63, 3.8) is 0 Å². The van der Waals surface area contributed by atoms with Crippen molar-refractivity contribution in [3.05, 3.63) is 46.5 Å². The lowest BCUT2D eigenvalue weighted by atomic mass is 10.1. The highest BCUT2D eigenvalue weighted by molar-refractivity contribution is 6.30. The molecule has 1 aromatic rings. The molecule has 1 rings (SSSR count). The van der Waals surface area contributed by atoms with E-state index < -0.39 is 0 Å². The highest BCUT2D eigenvalue weighted by Gasteiger charge is 1.98. The molecule has 0 aliphatic carbocycles. The van der Waals surface area contributed by atoms with Gasteiger partial charge in [-0.05, 0) is 37.1 Å². The van der Waals surface area contributed by atoms with E-state index >= 15 is 0 Å². The van der Waals surface area contributed by atoms with Gasteiger partial charge in [0.1, 0.15) is 0 Å². The average molecular weight is 254 g/mol. The van der Waals surface area contributed by atoms with Crippen molar-refractivity contribution in [1.82, 2.24) is 5.32 Å². The summed E-state index contributed by atoms with van der Waals surface area (Å²) in [5.74, 6) is 0. The molecule has 0 heterocycles. The van der Waals surface area contributed by atoms with Gasteiger partial charge in [-0.1, -0.05) is 29.8 Å². The van der Waals surface area contributed by atoms with Crippen molar-refractivity contribution in [1.29, 1.82) is 0 Å². The van der Waals surface area contributed by atoms with Crippen LogP contribution in [0.2, 0.25) is 5.02 Å². The van der Waals surface area contributed by atoms with E-state index in [1.165, 1.54) is 11.1 Å². The Bertz CT molecular complexity index is 376. The summed E-state index contributed by atoms with van der Waals surface area (Å²) < 4.78 is 5.40. The summed E-state index contributed by atoms with van der Waals surface area (Å²) >= 11 is 5.90. The fraction of sp³-hybridized carbons (Fsp3) is 0.429. The van der Waals surface area contributed by atoms with Gasteiger partial charge in [-0.3, -0.25) is 0 Å². The third kappa shape index (κ3) is 5.87. The second-order valence-corrected chi connectivity index (χ2v) is 4.69. The van der Waals surface area contributed by atoms with Gasteiger partial charge in [0.05, 0.1) is 13.2 Å². The van der Waals surface area contributed by atoms with Crippen molar-refractivity contribution < 1.29 is 4.74 Å².